The van der Waals surface area contributed by atoms with Gasteiger partial charge < -0.3 is 5.32 Å². The second kappa shape index (κ2) is 6.60. The van der Waals surface area contributed by atoms with Crippen molar-refractivity contribution in [1.82, 2.24) is 0 Å². The Hall–Kier alpha value is -0.770. The first-order valence-corrected chi connectivity index (χ1v) is 7.74. The van der Waals surface area contributed by atoms with E-state index in [0.29, 0.717) is 28.6 Å². The monoisotopic (exact) mass is 285 g/mol. The summed E-state index contributed by atoms with van der Waals surface area (Å²) >= 11 is 0.620. The molecule has 0 amide bonds. The molecular formula is C15H21F2NS. The van der Waals surface area contributed by atoms with E-state index in [-0.39, 0.29) is 0 Å². The first kappa shape index (κ1) is 14.6. The number of thioether (sulfide) groups is 1. The molecule has 1 N–H and O–H groups in total. The topological polar surface area (TPSA) is 12.0 Å². The van der Waals surface area contributed by atoms with Gasteiger partial charge in [0.25, 0.3) is 5.76 Å². The number of rotatable bonds is 4. The summed E-state index contributed by atoms with van der Waals surface area (Å²) in [6.45, 7) is 4.53. The van der Waals surface area contributed by atoms with E-state index in [1.807, 2.05) is 18.2 Å². The van der Waals surface area contributed by atoms with Crippen molar-refractivity contribution in [3.8, 4) is 0 Å². The summed E-state index contributed by atoms with van der Waals surface area (Å²) in [5, 5.41) is 3.47. The summed E-state index contributed by atoms with van der Waals surface area (Å²) in [5.41, 5.74) is 0.846. The van der Waals surface area contributed by atoms with Crippen LogP contribution in [-0.4, -0.2) is 11.8 Å². The Bertz CT molecular complexity index is 411. The maximum Gasteiger partial charge on any atom is 0.288 e. The third-order valence-corrected chi connectivity index (χ3v) is 4.66. The molecule has 1 aliphatic rings. The highest BCUT2D eigenvalue weighted by atomic mass is 32.2. The molecule has 1 aromatic carbocycles. The second-order valence-corrected chi connectivity index (χ2v) is 6.55. The fourth-order valence-corrected chi connectivity index (χ4v) is 3.47. The van der Waals surface area contributed by atoms with E-state index in [9.17, 15) is 8.78 Å². The van der Waals surface area contributed by atoms with E-state index in [1.54, 1.807) is 6.07 Å². The van der Waals surface area contributed by atoms with Crippen LogP contribution in [0.2, 0.25) is 0 Å². The van der Waals surface area contributed by atoms with E-state index in [4.69, 9.17) is 0 Å². The molecule has 1 aliphatic carbocycles. The number of alkyl halides is 2. The molecular weight excluding hydrogens is 264 g/mol. The van der Waals surface area contributed by atoms with Gasteiger partial charge in [0, 0.05) is 16.6 Å². The molecule has 1 aromatic rings. The smallest absolute Gasteiger partial charge is 0.288 e. The van der Waals surface area contributed by atoms with Crippen LogP contribution in [0, 0.1) is 11.8 Å². The molecule has 1 nitrogen and oxygen atoms in total. The Balaban J connectivity index is 2.06. The van der Waals surface area contributed by atoms with Crippen molar-refractivity contribution in [1.29, 1.82) is 0 Å². The standard InChI is InChI=1S/C15H21F2NS/c1-10-7-8-12(11(2)9-10)18-13-5-3-4-6-14(13)19-15(16)17/h3-6,10-12,15,18H,7-9H2,1-2H3. The zero-order valence-corrected chi connectivity index (χ0v) is 12.2. The van der Waals surface area contributed by atoms with Gasteiger partial charge in [-0.15, -0.1) is 0 Å². The average molecular weight is 285 g/mol. The summed E-state index contributed by atoms with van der Waals surface area (Å²) in [5.74, 6) is -1.00. The normalized spacial score (nSPS) is 27.5. The molecule has 0 aliphatic heterocycles. The lowest BCUT2D eigenvalue weighted by Gasteiger charge is -2.34. The Morgan fingerprint density at radius 3 is 2.63 bits per heavy atom. The Labute approximate surface area is 118 Å². The van der Waals surface area contributed by atoms with Crippen molar-refractivity contribution in [2.45, 2.75) is 49.8 Å². The minimum absolute atomic E-state index is 0.399. The molecule has 3 unspecified atom stereocenters. The SMILES string of the molecule is CC1CCC(Nc2ccccc2SC(F)F)C(C)C1. The summed E-state index contributed by atoms with van der Waals surface area (Å²) in [6, 6.07) is 7.76. The lowest BCUT2D eigenvalue weighted by molar-refractivity contribution is 0.252. The van der Waals surface area contributed by atoms with Crippen molar-refractivity contribution in [2.75, 3.05) is 5.32 Å². The van der Waals surface area contributed by atoms with E-state index >= 15 is 0 Å². The average Bonchev–Trinajstić information content (AvgIpc) is 2.34. The number of nitrogens with one attached hydrogen (secondary N) is 1. The van der Waals surface area contributed by atoms with Crippen LogP contribution in [0.25, 0.3) is 0 Å². The van der Waals surface area contributed by atoms with Crippen molar-refractivity contribution >= 4 is 17.4 Å². The maximum atomic E-state index is 12.5. The fraction of sp³-hybridized carbons (Fsp3) is 0.600. The molecule has 19 heavy (non-hydrogen) atoms. The summed E-state index contributed by atoms with van der Waals surface area (Å²) in [4.78, 5) is 0.642. The third-order valence-electron chi connectivity index (χ3n) is 3.88. The molecule has 0 saturated heterocycles. The van der Waals surface area contributed by atoms with Gasteiger partial charge >= 0.3 is 0 Å². The number of halogens is 2. The molecule has 0 radical (unpaired) electrons. The molecule has 0 spiro atoms. The van der Waals surface area contributed by atoms with Crippen LogP contribution in [0.4, 0.5) is 14.5 Å². The van der Waals surface area contributed by atoms with Gasteiger partial charge in [-0.1, -0.05) is 37.7 Å². The highest BCUT2D eigenvalue weighted by molar-refractivity contribution is 7.99. The lowest BCUT2D eigenvalue weighted by atomic mass is 9.80. The molecule has 1 fully saturated rings. The van der Waals surface area contributed by atoms with Crippen LogP contribution in [0.3, 0.4) is 0 Å². The first-order chi connectivity index (χ1) is 9.06. The van der Waals surface area contributed by atoms with Crippen molar-refractivity contribution in [3.05, 3.63) is 24.3 Å². The highest BCUT2D eigenvalue weighted by Crippen LogP contribution is 2.35. The van der Waals surface area contributed by atoms with Crippen LogP contribution in [0.15, 0.2) is 29.2 Å². The quantitative estimate of drug-likeness (QED) is 0.759. The summed E-state index contributed by atoms with van der Waals surface area (Å²) in [6.07, 6.45) is 3.55. The predicted molar refractivity (Wildman–Crippen MR) is 77.9 cm³/mol. The van der Waals surface area contributed by atoms with E-state index in [1.165, 1.54) is 12.8 Å². The van der Waals surface area contributed by atoms with Crippen LogP contribution in [0.1, 0.15) is 33.1 Å². The zero-order chi connectivity index (χ0) is 13.8. The molecule has 2 rings (SSSR count). The lowest BCUT2D eigenvalue weighted by Crippen LogP contribution is -2.33. The zero-order valence-electron chi connectivity index (χ0n) is 11.4. The molecule has 1 saturated carbocycles. The minimum atomic E-state index is -2.37. The van der Waals surface area contributed by atoms with Gasteiger partial charge in [0.05, 0.1) is 0 Å². The number of benzene rings is 1. The third kappa shape index (κ3) is 4.10. The molecule has 0 heterocycles. The first-order valence-electron chi connectivity index (χ1n) is 6.86. The largest absolute Gasteiger partial charge is 0.381 e. The molecule has 3 atom stereocenters. The number of para-hydroxylation sites is 1. The number of hydrogen-bond donors (Lipinski definition) is 1. The van der Waals surface area contributed by atoms with E-state index in [0.717, 1.165) is 18.0 Å². The van der Waals surface area contributed by atoms with E-state index in [2.05, 4.69) is 19.2 Å². The van der Waals surface area contributed by atoms with Crippen LogP contribution < -0.4 is 5.32 Å². The molecule has 0 bridgehead atoms. The predicted octanol–water partition coefficient (Wildman–Crippen LogP) is 5.24. The maximum absolute atomic E-state index is 12.5. The van der Waals surface area contributed by atoms with Crippen molar-refractivity contribution in [3.63, 3.8) is 0 Å². The molecule has 0 aromatic heterocycles. The van der Waals surface area contributed by atoms with Crippen LogP contribution in [0.5, 0.6) is 0 Å². The summed E-state index contributed by atoms with van der Waals surface area (Å²) in [7, 11) is 0. The molecule has 4 heteroatoms. The Morgan fingerprint density at radius 2 is 1.95 bits per heavy atom. The number of hydrogen-bond acceptors (Lipinski definition) is 2. The van der Waals surface area contributed by atoms with Crippen LogP contribution in [-0.2, 0) is 0 Å². The molecule has 106 valence electrons. The Kier molecular flexibility index (Phi) is 5.08. The van der Waals surface area contributed by atoms with E-state index < -0.39 is 5.76 Å². The van der Waals surface area contributed by atoms with Gasteiger partial charge in [-0.2, -0.15) is 8.78 Å². The fourth-order valence-electron chi connectivity index (χ4n) is 2.86. The van der Waals surface area contributed by atoms with Gasteiger partial charge in [0.2, 0.25) is 0 Å². The van der Waals surface area contributed by atoms with Gasteiger partial charge in [-0.05, 0) is 43.2 Å². The summed E-state index contributed by atoms with van der Waals surface area (Å²) < 4.78 is 25.1. The number of anilines is 1. The van der Waals surface area contributed by atoms with Gasteiger partial charge in [0.15, 0.2) is 0 Å². The van der Waals surface area contributed by atoms with Gasteiger partial charge in [0.1, 0.15) is 0 Å². The van der Waals surface area contributed by atoms with Gasteiger partial charge in [-0.3, -0.25) is 0 Å². The van der Waals surface area contributed by atoms with Gasteiger partial charge in [-0.25, -0.2) is 0 Å². The van der Waals surface area contributed by atoms with Crippen LogP contribution >= 0.6 is 11.8 Å². The van der Waals surface area contributed by atoms with Crippen molar-refractivity contribution < 1.29 is 8.78 Å². The highest BCUT2D eigenvalue weighted by Gasteiger charge is 2.25. The Morgan fingerprint density at radius 1 is 1.21 bits per heavy atom. The van der Waals surface area contributed by atoms with Crippen molar-refractivity contribution in [2.24, 2.45) is 11.8 Å². The second-order valence-electron chi connectivity index (χ2n) is 5.52. The minimum Gasteiger partial charge on any atom is -0.381 e.